The zero-order valence-corrected chi connectivity index (χ0v) is 13.2. The van der Waals surface area contributed by atoms with Gasteiger partial charge < -0.3 is 0 Å². The Morgan fingerprint density at radius 2 is 2.00 bits per heavy atom. The van der Waals surface area contributed by atoms with Gasteiger partial charge >= 0.3 is 5.69 Å². The fourth-order valence-corrected chi connectivity index (χ4v) is 3.30. The van der Waals surface area contributed by atoms with E-state index in [0.29, 0.717) is 29.3 Å². The van der Waals surface area contributed by atoms with Gasteiger partial charge in [-0.3, -0.25) is 14.3 Å². The Hall–Kier alpha value is -1.04. The SMILES string of the molecule is CCCc1c(Cl)[nH]c(=O)n(CCc2ccc(Cl)s2)c1=O. The van der Waals surface area contributed by atoms with Crippen molar-refractivity contribution >= 4 is 34.5 Å². The predicted octanol–water partition coefficient (Wildman–Crippen LogP) is 3.10. The standard InChI is InChI=1S/C13H14Cl2N2O2S/c1-2-3-9-11(15)16-13(19)17(12(9)18)7-6-8-4-5-10(14)20-8/h4-5H,2-3,6-7H2,1H3,(H,16,19). The normalized spacial score (nSPS) is 10.9. The monoisotopic (exact) mass is 332 g/mol. The van der Waals surface area contributed by atoms with Crippen LogP contribution >= 0.6 is 34.5 Å². The molecular weight excluding hydrogens is 319 g/mol. The lowest BCUT2D eigenvalue weighted by Crippen LogP contribution is -2.37. The largest absolute Gasteiger partial charge is 0.329 e. The summed E-state index contributed by atoms with van der Waals surface area (Å²) >= 11 is 13.2. The Labute approximate surface area is 130 Å². The molecule has 0 bridgehead atoms. The van der Waals surface area contributed by atoms with Crippen molar-refractivity contribution in [3.8, 4) is 0 Å². The summed E-state index contributed by atoms with van der Waals surface area (Å²) in [6, 6.07) is 3.70. The quantitative estimate of drug-likeness (QED) is 0.855. The van der Waals surface area contributed by atoms with E-state index in [1.54, 1.807) is 6.07 Å². The molecule has 7 heteroatoms. The molecule has 0 aliphatic heterocycles. The summed E-state index contributed by atoms with van der Waals surface area (Å²) in [5, 5.41) is 0.150. The molecule has 2 aromatic rings. The Morgan fingerprint density at radius 3 is 2.60 bits per heavy atom. The first-order valence-electron chi connectivity index (χ1n) is 6.28. The van der Waals surface area contributed by atoms with Gasteiger partial charge in [-0.2, -0.15) is 0 Å². The summed E-state index contributed by atoms with van der Waals surface area (Å²) in [5.74, 6) is 0. The first-order valence-corrected chi connectivity index (χ1v) is 7.86. The molecule has 108 valence electrons. The fourth-order valence-electron chi connectivity index (χ4n) is 1.96. The molecule has 0 fully saturated rings. The average Bonchev–Trinajstić information content (AvgIpc) is 2.80. The molecule has 0 aromatic carbocycles. The molecule has 2 rings (SSSR count). The number of nitrogens with one attached hydrogen (secondary N) is 1. The topological polar surface area (TPSA) is 54.9 Å². The lowest BCUT2D eigenvalue weighted by Gasteiger charge is -2.07. The van der Waals surface area contributed by atoms with Gasteiger partial charge in [-0.15, -0.1) is 11.3 Å². The van der Waals surface area contributed by atoms with Crippen molar-refractivity contribution in [2.75, 3.05) is 0 Å². The number of H-pyrrole nitrogens is 1. The maximum absolute atomic E-state index is 12.3. The summed E-state index contributed by atoms with van der Waals surface area (Å²) in [4.78, 5) is 27.7. The lowest BCUT2D eigenvalue weighted by molar-refractivity contribution is 0.620. The van der Waals surface area contributed by atoms with Crippen LogP contribution in [0.25, 0.3) is 0 Å². The third-order valence-corrected chi connectivity index (χ3v) is 4.55. The van der Waals surface area contributed by atoms with E-state index in [0.717, 1.165) is 11.3 Å². The molecule has 2 aromatic heterocycles. The highest BCUT2D eigenvalue weighted by Crippen LogP contribution is 2.21. The van der Waals surface area contributed by atoms with Crippen molar-refractivity contribution < 1.29 is 0 Å². The smallest absolute Gasteiger partial charge is 0.297 e. The zero-order chi connectivity index (χ0) is 14.7. The van der Waals surface area contributed by atoms with E-state index in [-0.39, 0.29) is 10.7 Å². The van der Waals surface area contributed by atoms with E-state index in [1.165, 1.54) is 15.9 Å². The van der Waals surface area contributed by atoms with Crippen LogP contribution in [-0.2, 0) is 19.4 Å². The number of hydrogen-bond acceptors (Lipinski definition) is 3. The Morgan fingerprint density at radius 1 is 1.25 bits per heavy atom. The molecule has 20 heavy (non-hydrogen) atoms. The van der Waals surface area contributed by atoms with Gasteiger partial charge in [0.2, 0.25) is 0 Å². The van der Waals surface area contributed by atoms with Crippen molar-refractivity contribution in [2.24, 2.45) is 0 Å². The third kappa shape index (κ3) is 3.34. The highest BCUT2D eigenvalue weighted by atomic mass is 35.5. The van der Waals surface area contributed by atoms with Gasteiger partial charge in [0.05, 0.1) is 9.90 Å². The molecule has 0 aliphatic carbocycles. The summed E-state index contributed by atoms with van der Waals surface area (Å²) in [5.41, 5.74) is -0.302. The molecule has 1 N–H and O–H groups in total. The number of aromatic amines is 1. The van der Waals surface area contributed by atoms with Crippen LogP contribution in [0.15, 0.2) is 21.7 Å². The van der Waals surface area contributed by atoms with Crippen molar-refractivity contribution in [3.05, 3.63) is 52.9 Å². The van der Waals surface area contributed by atoms with Crippen LogP contribution in [0, 0.1) is 0 Å². The molecule has 0 unspecified atom stereocenters. The van der Waals surface area contributed by atoms with Gasteiger partial charge in [-0.05, 0) is 18.6 Å². The lowest BCUT2D eigenvalue weighted by atomic mass is 10.2. The molecule has 0 radical (unpaired) electrons. The number of rotatable bonds is 5. The van der Waals surface area contributed by atoms with Gasteiger partial charge in [-0.1, -0.05) is 36.5 Å². The summed E-state index contributed by atoms with van der Waals surface area (Å²) in [6.45, 7) is 2.28. The number of hydrogen-bond donors (Lipinski definition) is 1. The first kappa shape index (κ1) is 15.4. The van der Waals surface area contributed by atoms with Crippen molar-refractivity contribution in [2.45, 2.75) is 32.7 Å². The number of aryl methyl sites for hydroxylation is 1. The maximum Gasteiger partial charge on any atom is 0.329 e. The van der Waals surface area contributed by atoms with Crippen molar-refractivity contribution in [3.63, 3.8) is 0 Å². The van der Waals surface area contributed by atoms with Crippen molar-refractivity contribution in [1.82, 2.24) is 9.55 Å². The van der Waals surface area contributed by atoms with E-state index in [4.69, 9.17) is 23.2 Å². The predicted molar refractivity (Wildman–Crippen MR) is 83.4 cm³/mol. The molecule has 2 heterocycles. The molecule has 4 nitrogen and oxygen atoms in total. The van der Waals surface area contributed by atoms with Crippen LogP contribution in [-0.4, -0.2) is 9.55 Å². The maximum atomic E-state index is 12.3. The Kier molecular flexibility index (Phi) is 5.07. The number of halogens is 2. The van der Waals surface area contributed by atoms with Gasteiger partial charge in [0.1, 0.15) is 5.15 Å². The number of aromatic nitrogens is 2. The van der Waals surface area contributed by atoms with Crippen LogP contribution in [0.2, 0.25) is 9.49 Å². The minimum absolute atomic E-state index is 0.150. The highest BCUT2D eigenvalue weighted by Gasteiger charge is 2.12. The van der Waals surface area contributed by atoms with E-state index >= 15 is 0 Å². The van der Waals surface area contributed by atoms with E-state index < -0.39 is 5.69 Å². The molecule has 0 saturated heterocycles. The average molecular weight is 333 g/mol. The highest BCUT2D eigenvalue weighted by molar-refractivity contribution is 7.16. The summed E-state index contributed by atoms with van der Waals surface area (Å²) in [7, 11) is 0. The van der Waals surface area contributed by atoms with Gasteiger partial charge in [0.15, 0.2) is 0 Å². The molecule has 0 atom stereocenters. The number of nitrogens with zero attached hydrogens (tertiary/aromatic N) is 1. The minimum atomic E-state index is -0.470. The molecule has 0 aliphatic rings. The molecule has 0 amide bonds. The van der Waals surface area contributed by atoms with Crippen LogP contribution in [0.3, 0.4) is 0 Å². The Bertz CT molecular complexity index is 718. The fraction of sp³-hybridized carbons (Fsp3) is 0.385. The Balaban J connectivity index is 2.29. The third-order valence-electron chi connectivity index (χ3n) is 2.94. The molecule has 0 spiro atoms. The van der Waals surface area contributed by atoms with E-state index in [1.807, 2.05) is 13.0 Å². The first-order chi connectivity index (χ1) is 9.52. The van der Waals surface area contributed by atoms with Gasteiger partial charge in [0, 0.05) is 17.8 Å². The van der Waals surface area contributed by atoms with Crippen LogP contribution < -0.4 is 11.2 Å². The van der Waals surface area contributed by atoms with Crippen LogP contribution in [0.1, 0.15) is 23.8 Å². The molecular formula is C13H14Cl2N2O2S. The summed E-state index contributed by atoms with van der Waals surface area (Å²) < 4.78 is 1.90. The second-order valence-electron chi connectivity index (χ2n) is 4.39. The summed E-state index contributed by atoms with van der Waals surface area (Å²) in [6.07, 6.45) is 1.94. The van der Waals surface area contributed by atoms with E-state index in [9.17, 15) is 9.59 Å². The zero-order valence-electron chi connectivity index (χ0n) is 10.9. The minimum Gasteiger partial charge on any atom is -0.297 e. The van der Waals surface area contributed by atoms with Crippen LogP contribution in [0.5, 0.6) is 0 Å². The van der Waals surface area contributed by atoms with Gasteiger partial charge in [0.25, 0.3) is 5.56 Å². The van der Waals surface area contributed by atoms with E-state index in [2.05, 4.69) is 4.98 Å². The second kappa shape index (κ2) is 6.61. The van der Waals surface area contributed by atoms with Gasteiger partial charge in [-0.25, -0.2) is 4.79 Å². The van der Waals surface area contributed by atoms with Crippen LogP contribution in [0.4, 0.5) is 0 Å². The second-order valence-corrected chi connectivity index (χ2v) is 6.56. The molecule has 0 saturated carbocycles. The van der Waals surface area contributed by atoms with Crippen molar-refractivity contribution in [1.29, 1.82) is 0 Å². The number of thiophene rings is 1.